The molecule has 0 aliphatic carbocycles. The minimum atomic E-state index is 0.351. The van der Waals surface area contributed by atoms with Gasteiger partial charge in [0.25, 0.3) is 0 Å². The van der Waals surface area contributed by atoms with Crippen LogP contribution in [-0.4, -0.2) is 17.0 Å². The van der Waals surface area contributed by atoms with E-state index in [-0.39, 0.29) is 0 Å². The fraction of sp³-hybridized carbons (Fsp3) is 1.00. The van der Waals surface area contributed by atoms with Gasteiger partial charge in [-0.25, -0.2) is 0 Å². The lowest BCUT2D eigenvalue weighted by Crippen LogP contribution is -2.18. The molecule has 0 saturated carbocycles. The van der Waals surface area contributed by atoms with Crippen molar-refractivity contribution in [3.63, 3.8) is 0 Å². The van der Waals surface area contributed by atoms with Gasteiger partial charge in [-0.1, -0.05) is 13.8 Å². The summed E-state index contributed by atoms with van der Waals surface area (Å²) in [7, 11) is 0. The molecule has 0 fully saturated rings. The largest absolute Gasteiger partial charge is 0.327 e. The van der Waals surface area contributed by atoms with E-state index in [0.717, 1.165) is 11.0 Å². The van der Waals surface area contributed by atoms with Gasteiger partial charge < -0.3 is 5.73 Å². The lowest BCUT2D eigenvalue weighted by atomic mass is 10.4. The molecule has 2 N–H and O–H groups in total. The zero-order chi connectivity index (χ0) is 7.28. The van der Waals surface area contributed by atoms with Crippen LogP contribution < -0.4 is 5.73 Å². The predicted octanol–water partition coefficient (Wildman–Crippen LogP) is 1.87. The van der Waals surface area contributed by atoms with Crippen LogP contribution in [0.3, 0.4) is 0 Å². The topological polar surface area (TPSA) is 26.0 Å². The quantitative estimate of drug-likeness (QED) is 0.657. The van der Waals surface area contributed by atoms with E-state index in [1.54, 1.807) is 0 Å². The Morgan fingerprint density at radius 3 is 2.33 bits per heavy atom. The summed E-state index contributed by atoms with van der Waals surface area (Å²) in [5.41, 5.74) is 5.57. The Labute approximate surface area is 62.4 Å². The second-order valence-corrected chi connectivity index (χ2v) is 4.00. The van der Waals surface area contributed by atoms with Gasteiger partial charge in [0.05, 0.1) is 0 Å². The summed E-state index contributed by atoms with van der Waals surface area (Å²) in [5.74, 6) is 1.09. The molecule has 0 rings (SSSR count). The molecular formula is C7H17NS. The van der Waals surface area contributed by atoms with Crippen molar-refractivity contribution in [2.24, 2.45) is 5.73 Å². The van der Waals surface area contributed by atoms with Crippen LogP contribution in [0.2, 0.25) is 0 Å². The van der Waals surface area contributed by atoms with Gasteiger partial charge >= 0.3 is 0 Å². The van der Waals surface area contributed by atoms with Crippen LogP contribution in [0.25, 0.3) is 0 Å². The molecule has 1 unspecified atom stereocenters. The summed E-state index contributed by atoms with van der Waals surface area (Å²) in [4.78, 5) is 0. The summed E-state index contributed by atoms with van der Waals surface area (Å²) in [5, 5.41) is 0.774. The standard InChI is InChI=1S/C7H17NS/c1-4-7(3)9-5-6(2)8/h6-7H,4-5,8H2,1-3H3/t6-,7?/m1/s1. The van der Waals surface area contributed by atoms with Crippen molar-refractivity contribution in [1.29, 1.82) is 0 Å². The highest BCUT2D eigenvalue weighted by Gasteiger charge is 1.99. The fourth-order valence-electron chi connectivity index (χ4n) is 0.434. The molecule has 2 atom stereocenters. The highest BCUT2D eigenvalue weighted by molar-refractivity contribution is 7.99. The molecule has 0 aromatic rings. The van der Waals surface area contributed by atoms with Crippen LogP contribution in [0.1, 0.15) is 27.2 Å². The Balaban J connectivity index is 3.06. The van der Waals surface area contributed by atoms with Gasteiger partial charge in [-0.05, 0) is 13.3 Å². The number of nitrogens with two attached hydrogens (primary N) is 1. The molecular weight excluding hydrogens is 130 g/mol. The Kier molecular flexibility index (Phi) is 5.30. The minimum absolute atomic E-state index is 0.351. The highest BCUT2D eigenvalue weighted by Crippen LogP contribution is 2.13. The van der Waals surface area contributed by atoms with Gasteiger partial charge in [0.15, 0.2) is 0 Å². The average Bonchev–Trinajstić information content (AvgIpc) is 1.83. The van der Waals surface area contributed by atoms with Crippen LogP contribution in [0.15, 0.2) is 0 Å². The van der Waals surface area contributed by atoms with Crippen molar-refractivity contribution in [2.45, 2.75) is 38.5 Å². The third-order valence-electron chi connectivity index (χ3n) is 1.22. The molecule has 1 nitrogen and oxygen atoms in total. The Hall–Kier alpha value is 0.310. The minimum Gasteiger partial charge on any atom is -0.327 e. The molecule has 0 aliphatic rings. The van der Waals surface area contributed by atoms with E-state index in [1.165, 1.54) is 6.42 Å². The number of rotatable bonds is 4. The van der Waals surface area contributed by atoms with Crippen molar-refractivity contribution in [2.75, 3.05) is 5.75 Å². The first kappa shape index (κ1) is 9.31. The van der Waals surface area contributed by atoms with Gasteiger partial charge in [0.1, 0.15) is 0 Å². The van der Waals surface area contributed by atoms with E-state index in [9.17, 15) is 0 Å². The van der Waals surface area contributed by atoms with Crippen LogP contribution in [0.5, 0.6) is 0 Å². The molecule has 0 radical (unpaired) electrons. The van der Waals surface area contributed by atoms with Crippen LogP contribution >= 0.6 is 11.8 Å². The van der Waals surface area contributed by atoms with E-state index >= 15 is 0 Å². The maximum Gasteiger partial charge on any atom is 0.0102 e. The normalized spacial score (nSPS) is 17.3. The summed E-state index contributed by atoms with van der Waals surface area (Å²) in [6, 6.07) is 0.351. The first-order valence-electron chi connectivity index (χ1n) is 3.54. The SMILES string of the molecule is CCC(C)SC[C@@H](C)N. The molecule has 0 spiro atoms. The van der Waals surface area contributed by atoms with Gasteiger partial charge in [0, 0.05) is 17.0 Å². The third kappa shape index (κ3) is 6.19. The van der Waals surface area contributed by atoms with Crippen molar-refractivity contribution in [3.8, 4) is 0 Å². The van der Waals surface area contributed by atoms with Crippen LogP contribution in [-0.2, 0) is 0 Å². The van der Waals surface area contributed by atoms with Crippen molar-refractivity contribution in [1.82, 2.24) is 0 Å². The second-order valence-electron chi connectivity index (χ2n) is 2.53. The van der Waals surface area contributed by atoms with E-state index < -0.39 is 0 Å². The Morgan fingerprint density at radius 1 is 1.44 bits per heavy atom. The maximum absolute atomic E-state index is 5.57. The number of hydrogen-bond acceptors (Lipinski definition) is 2. The molecule has 9 heavy (non-hydrogen) atoms. The van der Waals surface area contributed by atoms with Crippen molar-refractivity contribution in [3.05, 3.63) is 0 Å². The molecule has 0 heterocycles. The number of thioether (sulfide) groups is 1. The maximum atomic E-state index is 5.57. The van der Waals surface area contributed by atoms with E-state index in [4.69, 9.17) is 5.73 Å². The summed E-state index contributed by atoms with van der Waals surface area (Å²) >= 11 is 1.96. The van der Waals surface area contributed by atoms with Gasteiger partial charge in [-0.15, -0.1) is 0 Å². The third-order valence-corrected chi connectivity index (χ3v) is 2.84. The van der Waals surface area contributed by atoms with Crippen molar-refractivity contribution < 1.29 is 0 Å². The Bertz CT molecular complexity index is 63.9. The Morgan fingerprint density at radius 2 is 2.00 bits per heavy atom. The van der Waals surface area contributed by atoms with Crippen LogP contribution in [0, 0.1) is 0 Å². The van der Waals surface area contributed by atoms with E-state index in [2.05, 4.69) is 20.8 Å². The summed E-state index contributed by atoms with van der Waals surface area (Å²) in [6.07, 6.45) is 1.25. The molecule has 0 aliphatic heterocycles. The molecule has 56 valence electrons. The highest BCUT2D eigenvalue weighted by atomic mass is 32.2. The first-order chi connectivity index (χ1) is 4.16. The smallest absolute Gasteiger partial charge is 0.0102 e. The molecule has 0 aromatic heterocycles. The predicted molar refractivity (Wildman–Crippen MR) is 45.9 cm³/mol. The van der Waals surface area contributed by atoms with Gasteiger partial charge in [-0.2, -0.15) is 11.8 Å². The lowest BCUT2D eigenvalue weighted by molar-refractivity contribution is 0.834. The molecule has 0 saturated heterocycles. The zero-order valence-corrected chi connectivity index (χ0v) is 7.37. The summed E-state index contributed by atoms with van der Waals surface area (Å²) < 4.78 is 0. The van der Waals surface area contributed by atoms with E-state index in [1.807, 2.05) is 11.8 Å². The molecule has 0 aromatic carbocycles. The first-order valence-corrected chi connectivity index (χ1v) is 4.58. The molecule has 0 bridgehead atoms. The monoisotopic (exact) mass is 147 g/mol. The zero-order valence-electron chi connectivity index (χ0n) is 6.55. The van der Waals surface area contributed by atoms with E-state index in [0.29, 0.717) is 6.04 Å². The molecule has 0 amide bonds. The lowest BCUT2D eigenvalue weighted by Gasteiger charge is -2.09. The second kappa shape index (κ2) is 5.12. The average molecular weight is 147 g/mol. The van der Waals surface area contributed by atoms with Gasteiger partial charge in [-0.3, -0.25) is 0 Å². The number of hydrogen-bond donors (Lipinski definition) is 1. The summed E-state index contributed by atoms with van der Waals surface area (Å²) in [6.45, 7) is 6.50. The van der Waals surface area contributed by atoms with Gasteiger partial charge in [0.2, 0.25) is 0 Å². The fourth-order valence-corrected chi connectivity index (χ4v) is 1.30. The van der Waals surface area contributed by atoms with Crippen LogP contribution in [0.4, 0.5) is 0 Å². The molecule has 2 heteroatoms. The van der Waals surface area contributed by atoms with Crippen molar-refractivity contribution >= 4 is 11.8 Å².